The minimum Gasteiger partial charge on any atom is -0.395 e. The summed E-state index contributed by atoms with van der Waals surface area (Å²) in [7, 11) is 0. The van der Waals surface area contributed by atoms with E-state index in [0.29, 0.717) is 12.5 Å². The van der Waals surface area contributed by atoms with E-state index >= 15 is 0 Å². The zero-order chi connectivity index (χ0) is 10.8. The van der Waals surface area contributed by atoms with Crippen molar-refractivity contribution in [3.05, 3.63) is 0 Å². The van der Waals surface area contributed by atoms with E-state index in [4.69, 9.17) is 15.6 Å². The van der Waals surface area contributed by atoms with Crippen LogP contribution in [-0.4, -0.2) is 56.0 Å². The highest BCUT2D eigenvalue weighted by atomic mass is 16.5. The third-order valence-corrected chi connectivity index (χ3v) is 2.22. The lowest BCUT2D eigenvalue weighted by molar-refractivity contribution is 0.0794. The van der Waals surface area contributed by atoms with Gasteiger partial charge in [0, 0.05) is 13.1 Å². The van der Waals surface area contributed by atoms with Crippen LogP contribution in [0.3, 0.4) is 0 Å². The molecule has 4 nitrogen and oxygen atoms in total. The first-order valence-electron chi connectivity index (χ1n) is 5.35. The summed E-state index contributed by atoms with van der Waals surface area (Å²) >= 11 is 0. The van der Waals surface area contributed by atoms with E-state index in [-0.39, 0.29) is 6.61 Å². The molecule has 4 heteroatoms. The van der Waals surface area contributed by atoms with Crippen molar-refractivity contribution in [2.75, 3.05) is 46.0 Å². The number of hydrogen-bond donors (Lipinski definition) is 2. The summed E-state index contributed by atoms with van der Waals surface area (Å²) in [6, 6.07) is 0. The quantitative estimate of drug-likeness (QED) is 0.515. The Hall–Kier alpha value is -0.160. The van der Waals surface area contributed by atoms with E-state index in [1.54, 1.807) is 0 Å². The molecule has 0 fully saturated rings. The van der Waals surface area contributed by atoms with E-state index in [1.165, 1.54) is 0 Å². The number of nitrogens with zero attached hydrogens (tertiary/aromatic N) is 1. The smallest absolute Gasteiger partial charge is 0.0593 e. The fourth-order valence-corrected chi connectivity index (χ4v) is 1.12. The van der Waals surface area contributed by atoms with Gasteiger partial charge in [-0.3, -0.25) is 4.90 Å². The van der Waals surface area contributed by atoms with Gasteiger partial charge in [0.2, 0.25) is 0 Å². The van der Waals surface area contributed by atoms with E-state index < -0.39 is 0 Å². The van der Waals surface area contributed by atoms with Gasteiger partial charge in [-0.05, 0) is 19.0 Å². The van der Waals surface area contributed by atoms with Crippen molar-refractivity contribution in [3.63, 3.8) is 0 Å². The average Bonchev–Trinajstić information content (AvgIpc) is 2.22. The number of aliphatic hydroxyl groups excluding tert-OH is 1. The molecule has 0 saturated carbocycles. The summed E-state index contributed by atoms with van der Waals surface area (Å²) < 4.78 is 5.46. The van der Waals surface area contributed by atoms with Crippen LogP contribution in [0.4, 0.5) is 0 Å². The number of nitrogens with two attached hydrogens (primary N) is 1. The lowest BCUT2D eigenvalue weighted by Gasteiger charge is -2.19. The van der Waals surface area contributed by atoms with Crippen molar-refractivity contribution in [2.24, 2.45) is 11.7 Å². The van der Waals surface area contributed by atoms with E-state index in [9.17, 15) is 0 Å². The summed E-state index contributed by atoms with van der Waals surface area (Å²) in [6.07, 6.45) is 0. The molecule has 0 aliphatic carbocycles. The van der Waals surface area contributed by atoms with Crippen LogP contribution in [0.5, 0.6) is 0 Å². The Bertz CT molecular complexity index is 123. The Balaban J connectivity index is 3.32. The molecule has 0 aromatic heterocycles. The second-order valence-corrected chi connectivity index (χ2v) is 3.57. The number of ether oxygens (including phenoxy) is 1. The zero-order valence-electron chi connectivity index (χ0n) is 9.41. The molecular weight excluding hydrogens is 180 g/mol. The molecule has 0 amide bonds. The van der Waals surface area contributed by atoms with E-state index in [1.807, 2.05) is 0 Å². The minimum absolute atomic E-state index is 0.215. The molecule has 14 heavy (non-hydrogen) atoms. The molecule has 0 aliphatic heterocycles. The Morgan fingerprint density at radius 1 is 1.43 bits per heavy atom. The van der Waals surface area contributed by atoms with E-state index in [0.717, 1.165) is 32.8 Å². The highest BCUT2D eigenvalue weighted by Crippen LogP contribution is 1.93. The van der Waals surface area contributed by atoms with Crippen molar-refractivity contribution in [1.82, 2.24) is 4.90 Å². The molecule has 0 aromatic carbocycles. The maximum Gasteiger partial charge on any atom is 0.0593 e. The lowest BCUT2D eigenvalue weighted by Crippen LogP contribution is -2.30. The Labute approximate surface area is 87.0 Å². The Kier molecular flexibility index (Phi) is 9.29. The summed E-state index contributed by atoms with van der Waals surface area (Å²) in [5.41, 5.74) is 5.46. The van der Waals surface area contributed by atoms with Gasteiger partial charge in [0.05, 0.1) is 19.8 Å². The summed E-state index contributed by atoms with van der Waals surface area (Å²) in [5, 5.41) is 8.75. The largest absolute Gasteiger partial charge is 0.395 e. The molecule has 0 aromatic rings. The first kappa shape index (κ1) is 13.8. The molecule has 0 heterocycles. The van der Waals surface area contributed by atoms with Gasteiger partial charge in [0.1, 0.15) is 0 Å². The van der Waals surface area contributed by atoms with Crippen LogP contribution in [0.15, 0.2) is 0 Å². The summed E-state index contributed by atoms with van der Waals surface area (Å²) in [6.45, 7) is 9.06. The first-order valence-corrected chi connectivity index (χ1v) is 5.35. The van der Waals surface area contributed by atoms with Crippen LogP contribution in [0, 0.1) is 5.92 Å². The maximum absolute atomic E-state index is 8.75. The van der Waals surface area contributed by atoms with Crippen LogP contribution < -0.4 is 5.73 Å². The van der Waals surface area contributed by atoms with Crippen LogP contribution in [0.1, 0.15) is 13.8 Å². The van der Waals surface area contributed by atoms with Gasteiger partial charge in [0.25, 0.3) is 0 Å². The second kappa shape index (κ2) is 9.40. The molecule has 1 unspecified atom stereocenters. The Morgan fingerprint density at radius 2 is 2.14 bits per heavy atom. The van der Waals surface area contributed by atoms with Gasteiger partial charge in [-0.25, -0.2) is 0 Å². The third kappa shape index (κ3) is 7.26. The predicted octanol–water partition coefficient (Wildman–Crippen LogP) is -0.0880. The number of likely N-dealkylation sites (N-methyl/N-ethyl adjacent to an activating group) is 1. The highest BCUT2D eigenvalue weighted by molar-refractivity contribution is 4.54. The van der Waals surface area contributed by atoms with Crippen LogP contribution in [-0.2, 0) is 4.74 Å². The summed E-state index contributed by atoms with van der Waals surface area (Å²) in [5.74, 6) is 0.433. The molecule has 1 atom stereocenters. The van der Waals surface area contributed by atoms with Gasteiger partial charge < -0.3 is 15.6 Å². The van der Waals surface area contributed by atoms with Crippen molar-refractivity contribution < 1.29 is 9.84 Å². The fraction of sp³-hybridized carbons (Fsp3) is 1.00. The van der Waals surface area contributed by atoms with Crippen LogP contribution >= 0.6 is 0 Å². The average molecular weight is 204 g/mol. The molecule has 86 valence electrons. The maximum atomic E-state index is 8.75. The minimum atomic E-state index is 0.215. The molecular formula is C10H24N2O2. The van der Waals surface area contributed by atoms with E-state index in [2.05, 4.69) is 18.7 Å². The van der Waals surface area contributed by atoms with Crippen LogP contribution in [0.2, 0.25) is 0 Å². The van der Waals surface area contributed by atoms with Crippen molar-refractivity contribution >= 4 is 0 Å². The van der Waals surface area contributed by atoms with Gasteiger partial charge in [0.15, 0.2) is 0 Å². The second-order valence-electron chi connectivity index (χ2n) is 3.57. The van der Waals surface area contributed by atoms with Crippen LogP contribution in [0.25, 0.3) is 0 Å². The first-order chi connectivity index (χ1) is 6.74. The number of aliphatic hydroxyl groups is 1. The van der Waals surface area contributed by atoms with Crippen molar-refractivity contribution in [3.8, 4) is 0 Å². The fourth-order valence-electron chi connectivity index (χ4n) is 1.12. The molecule has 0 aliphatic rings. The SMILES string of the molecule is CCN(CCO)CCOCC(C)CN. The predicted molar refractivity (Wildman–Crippen MR) is 58.2 cm³/mol. The molecule has 0 rings (SSSR count). The van der Waals surface area contributed by atoms with Gasteiger partial charge >= 0.3 is 0 Å². The number of rotatable bonds is 9. The lowest BCUT2D eigenvalue weighted by atomic mass is 10.2. The highest BCUT2D eigenvalue weighted by Gasteiger charge is 2.02. The normalized spacial score (nSPS) is 13.5. The summed E-state index contributed by atoms with van der Waals surface area (Å²) in [4.78, 5) is 2.16. The molecule has 3 N–H and O–H groups in total. The standard InChI is InChI=1S/C10H24N2O2/c1-3-12(4-6-13)5-7-14-9-10(2)8-11/h10,13H,3-9,11H2,1-2H3. The van der Waals surface area contributed by atoms with Crippen molar-refractivity contribution in [1.29, 1.82) is 0 Å². The zero-order valence-corrected chi connectivity index (χ0v) is 9.41. The van der Waals surface area contributed by atoms with Gasteiger partial charge in [-0.1, -0.05) is 13.8 Å². The van der Waals surface area contributed by atoms with Crippen molar-refractivity contribution in [2.45, 2.75) is 13.8 Å². The molecule has 0 spiro atoms. The monoisotopic (exact) mass is 204 g/mol. The molecule has 0 radical (unpaired) electrons. The third-order valence-electron chi connectivity index (χ3n) is 2.22. The van der Waals surface area contributed by atoms with Gasteiger partial charge in [-0.2, -0.15) is 0 Å². The Morgan fingerprint density at radius 3 is 2.64 bits per heavy atom. The van der Waals surface area contributed by atoms with Gasteiger partial charge in [-0.15, -0.1) is 0 Å². The molecule has 0 saturated heterocycles. The topological polar surface area (TPSA) is 58.7 Å². The molecule has 0 bridgehead atoms. The number of hydrogen-bond acceptors (Lipinski definition) is 4.